The van der Waals surface area contributed by atoms with E-state index in [1.165, 1.54) is 0 Å². The van der Waals surface area contributed by atoms with E-state index in [4.69, 9.17) is 10.5 Å². The first-order valence-corrected chi connectivity index (χ1v) is 6.36. The van der Waals surface area contributed by atoms with Crippen molar-refractivity contribution in [2.24, 2.45) is 5.73 Å². The fourth-order valence-corrected chi connectivity index (χ4v) is 2.36. The van der Waals surface area contributed by atoms with Gasteiger partial charge in [-0.1, -0.05) is 12.1 Å². The van der Waals surface area contributed by atoms with E-state index in [1.54, 1.807) is 6.20 Å². The summed E-state index contributed by atoms with van der Waals surface area (Å²) in [5.41, 5.74) is 7.08. The molecule has 1 aromatic heterocycles. The van der Waals surface area contributed by atoms with Gasteiger partial charge in [0.2, 0.25) is 0 Å². The molecule has 0 spiro atoms. The summed E-state index contributed by atoms with van der Waals surface area (Å²) in [7, 11) is 0. The van der Waals surface area contributed by atoms with Crippen LogP contribution in [0, 0.1) is 0 Å². The number of benzene rings is 1. The molecule has 6 heteroatoms. The molecule has 0 bridgehead atoms. The van der Waals surface area contributed by atoms with Crippen LogP contribution in [0.4, 0.5) is 5.69 Å². The highest BCUT2D eigenvalue weighted by Crippen LogP contribution is 2.23. The predicted molar refractivity (Wildman–Crippen MR) is 71.7 cm³/mol. The van der Waals surface area contributed by atoms with Crippen LogP contribution in [0.2, 0.25) is 0 Å². The lowest BCUT2D eigenvalue weighted by Crippen LogP contribution is -2.29. The number of hydrogen-bond acceptors (Lipinski definition) is 4. The summed E-state index contributed by atoms with van der Waals surface area (Å²) < 4.78 is 5.58. The molecule has 0 unspecified atom stereocenters. The van der Waals surface area contributed by atoms with E-state index in [-0.39, 0.29) is 12.0 Å². The third-order valence-electron chi connectivity index (χ3n) is 3.40. The minimum Gasteiger partial charge on any atom is -0.364 e. The van der Waals surface area contributed by atoms with E-state index in [9.17, 15) is 4.79 Å². The molecule has 0 saturated carbocycles. The first-order valence-electron chi connectivity index (χ1n) is 6.36. The van der Waals surface area contributed by atoms with Crippen LogP contribution < -0.4 is 11.1 Å². The van der Waals surface area contributed by atoms with Crippen molar-refractivity contribution in [1.82, 2.24) is 10.2 Å². The maximum Gasteiger partial charge on any atom is 0.253 e. The van der Waals surface area contributed by atoms with Crippen molar-refractivity contribution in [3.8, 4) is 0 Å². The second-order valence-corrected chi connectivity index (χ2v) is 4.69. The second kappa shape index (κ2) is 4.99. The SMILES string of the molecule is NC[C@H]1CC[C@@H](C(=O)Nc2cccc3cn[nH]c23)O1. The van der Waals surface area contributed by atoms with Gasteiger partial charge in [-0.05, 0) is 18.9 Å². The molecule has 1 amide bonds. The normalized spacial score (nSPS) is 22.8. The van der Waals surface area contributed by atoms with Crippen molar-refractivity contribution >= 4 is 22.5 Å². The van der Waals surface area contributed by atoms with E-state index in [2.05, 4.69) is 15.5 Å². The third-order valence-corrected chi connectivity index (χ3v) is 3.40. The average Bonchev–Trinajstić information content (AvgIpc) is 3.08. The molecule has 6 nitrogen and oxygen atoms in total. The number of rotatable bonds is 3. The fraction of sp³-hybridized carbons (Fsp3) is 0.385. The Kier molecular flexibility index (Phi) is 3.18. The highest BCUT2D eigenvalue weighted by molar-refractivity contribution is 6.01. The minimum absolute atomic E-state index is 0.00121. The van der Waals surface area contributed by atoms with E-state index < -0.39 is 6.10 Å². The Morgan fingerprint density at radius 3 is 3.21 bits per heavy atom. The van der Waals surface area contributed by atoms with E-state index >= 15 is 0 Å². The smallest absolute Gasteiger partial charge is 0.253 e. The van der Waals surface area contributed by atoms with Crippen LogP contribution in [0.25, 0.3) is 10.9 Å². The number of carbonyl (C=O) groups excluding carboxylic acids is 1. The van der Waals surface area contributed by atoms with E-state index in [1.807, 2.05) is 18.2 Å². The number of para-hydroxylation sites is 1. The molecule has 3 rings (SSSR count). The van der Waals surface area contributed by atoms with Gasteiger partial charge in [0, 0.05) is 11.9 Å². The molecule has 2 aromatic rings. The zero-order valence-corrected chi connectivity index (χ0v) is 10.4. The third kappa shape index (κ3) is 2.32. The van der Waals surface area contributed by atoms with E-state index in [0.29, 0.717) is 13.0 Å². The maximum atomic E-state index is 12.1. The number of fused-ring (bicyclic) bond motifs is 1. The molecule has 1 saturated heterocycles. The Morgan fingerprint density at radius 2 is 2.42 bits per heavy atom. The van der Waals surface area contributed by atoms with E-state index in [0.717, 1.165) is 23.0 Å². The maximum absolute atomic E-state index is 12.1. The van der Waals surface area contributed by atoms with Gasteiger partial charge < -0.3 is 15.8 Å². The summed E-state index contributed by atoms with van der Waals surface area (Å²) >= 11 is 0. The first kappa shape index (κ1) is 12.1. The van der Waals surface area contributed by atoms with Crippen LogP contribution in [-0.2, 0) is 9.53 Å². The number of nitrogens with one attached hydrogen (secondary N) is 2. The Hall–Kier alpha value is -1.92. The average molecular weight is 260 g/mol. The second-order valence-electron chi connectivity index (χ2n) is 4.69. The quantitative estimate of drug-likeness (QED) is 0.767. The van der Waals surface area contributed by atoms with Crippen molar-refractivity contribution in [1.29, 1.82) is 0 Å². The highest BCUT2D eigenvalue weighted by Gasteiger charge is 2.30. The van der Waals surface area contributed by atoms with Crippen LogP contribution in [-0.4, -0.2) is 34.9 Å². The van der Waals surface area contributed by atoms with Gasteiger partial charge in [0.05, 0.1) is 23.5 Å². The molecule has 4 N–H and O–H groups in total. The highest BCUT2D eigenvalue weighted by atomic mass is 16.5. The summed E-state index contributed by atoms with van der Waals surface area (Å²) in [6, 6.07) is 5.66. The number of anilines is 1. The standard InChI is InChI=1S/C13H16N4O2/c14-6-9-4-5-11(19-9)13(18)16-10-3-1-2-8-7-15-17-12(8)10/h1-3,7,9,11H,4-6,14H2,(H,15,17)(H,16,18)/t9-,11+/m1/s1. The lowest BCUT2D eigenvalue weighted by atomic mass is 10.1. The topological polar surface area (TPSA) is 93.0 Å². The van der Waals surface area contributed by atoms with Crippen LogP contribution in [0.3, 0.4) is 0 Å². The number of nitrogens with zero attached hydrogens (tertiary/aromatic N) is 1. The molecule has 0 aliphatic carbocycles. The molecular formula is C13H16N4O2. The van der Waals surface area contributed by atoms with Gasteiger partial charge in [-0.25, -0.2) is 0 Å². The molecule has 19 heavy (non-hydrogen) atoms. The molecule has 0 radical (unpaired) electrons. The molecule has 1 aliphatic heterocycles. The number of carbonyl (C=O) groups is 1. The summed E-state index contributed by atoms with van der Waals surface area (Å²) in [5.74, 6) is -0.127. The molecule has 2 atom stereocenters. The number of aromatic amines is 1. The molecule has 2 heterocycles. The Bertz CT molecular complexity index is 595. The van der Waals surface area contributed by atoms with Gasteiger partial charge in [-0.3, -0.25) is 9.89 Å². The van der Waals surface area contributed by atoms with Crippen molar-refractivity contribution in [3.05, 3.63) is 24.4 Å². The van der Waals surface area contributed by atoms with Gasteiger partial charge in [-0.2, -0.15) is 5.10 Å². The Morgan fingerprint density at radius 1 is 1.53 bits per heavy atom. The summed E-state index contributed by atoms with van der Waals surface area (Å²) in [4.78, 5) is 12.1. The zero-order valence-electron chi connectivity index (χ0n) is 10.4. The number of H-pyrrole nitrogens is 1. The lowest BCUT2D eigenvalue weighted by molar-refractivity contribution is -0.126. The van der Waals surface area contributed by atoms with Crippen molar-refractivity contribution < 1.29 is 9.53 Å². The predicted octanol–water partition coefficient (Wildman–Crippen LogP) is 1.01. The minimum atomic E-state index is -0.410. The van der Waals surface area contributed by atoms with Crippen LogP contribution in [0.1, 0.15) is 12.8 Å². The van der Waals surface area contributed by atoms with Gasteiger partial charge >= 0.3 is 0 Å². The van der Waals surface area contributed by atoms with Gasteiger partial charge in [0.15, 0.2) is 0 Å². The van der Waals surface area contributed by atoms with Crippen LogP contribution in [0.15, 0.2) is 24.4 Å². The summed E-state index contributed by atoms with van der Waals surface area (Å²) in [5, 5.41) is 10.7. The molecule has 1 aromatic carbocycles. The number of aromatic nitrogens is 2. The van der Waals surface area contributed by atoms with Gasteiger partial charge in [-0.15, -0.1) is 0 Å². The lowest BCUT2D eigenvalue weighted by Gasteiger charge is -2.13. The zero-order chi connectivity index (χ0) is 13.2. The molecule has 1 aliphatic rings. The molecule has 1 fully saturated rings. The van der Waals surface area contributed by atoms with Gasteiger partial charge in [0.1, 0.15) is 6.10 Å². The van der Waals surface area contributed by atoms with Crippen molar-refractivity contribution in [2.75, 3.05) is 11.9 Å². The number of ether oxygens (including phenoxy) is 1. The van der Waals surface area contributed by atoms with Crippen molar-refractivity contribution in [3.63, 3.8) is 0 Å². The summed E-state index contributed by atoms with van der Waals surface area (Å²) in [6.45, 7) is 0.458. The number of nitrogens with two attached hydrogens (primary N) is 1. The monoisotopic (exact) mass is 260 g/mol. The van der Waals surface area contributed by atoms with Crippen LogP contribution in [0.5, 0.6) is 0 Å². The fourth-order valence-electron chi connectivity index (χ4n) is 2.36. The number of hydrogen-bond donors (Lipinski definition) is 3. The van der Waals surface area contributed by atoms with Gasteiger partial charge in [0.25, 0.3) is 5.91 Å². The first-order chi connectivity index (χ1) is 9.28. The molecular weight excluding hydrogens is 244 g/mol. The summed E-state index contributed by atoms with van der Waals surface area (Å²) in [6.07, 6.45) is 2.86. The largest absolute Gasteiger partial charge is 0.364 e. The number of amides is 1. The Labute approximate surface area is 110 Å². The van der Waals surface area contributed by atoms with Crippen LogP contribution >= 0.6 is 0 Å². The molecule has 100 valence electrons. The Balaban J connectivity index is 1.74. The van der Waals surface area contributed by atoms with Crippen molar-refractivity contribution in [2.45, 2.75) is 25.0 Å².